The van der Waals surface area contributed by atoms with E-state index in [-0.39, 0.29) is 17.3 Å². The van der Waals surface area contributed by atoms with E-state index < -0.39 is 0 Å². The van der Waals surface area contributed by atoms with Crippen molar-refractivity contribution in [3.05, 3.63) is 70.6 Å². The number of likely N-dealkylation sites (tertiary alicyclic amines) is 1. The third-order valence-corrected chi connectivity index (χ3v) is 7.19. The molecule has 1 aliphatic carbocycles. The minimum absolute atomic E-state index is 0.0272. The van der Waals surface area contributed by atoms with Crippen LogP contribution in [0.4, 0.5) is 14.9 Å². The fourth-order valence-corrected chi connectivity index (χ4v) is 5.26. The number of carbonyl (C=O) groups excluding carboxylic acids is 1. The van der Waals surface area contributed by atoms with Gasteiger partial charge in [0.25, 0.3) is 0 Å². The highest BCUT2D eigenvalue weighted by molar-refractivity contribution is 9.10. The van der Waals surface area contributed by atoms with Gasteiger partial charge in [-0.05, 0) is 85.7 Å². The second-order valence-corrected chi connectivity index (χ2v) is 9.54. The second-order valence-electron chi connectivity index (χ2n) is 8.63. The standard InChI is InChI=1S/C24H23BrFN3O/c25-17-1-4-19(5-2-17)28-23(30)29-14-24(15-29)10-7-16(8-11-24)20-9-12-27-22-6-3-18(26)13-21(20)22/h1-6,9,12-13,16H,7-8,10-11,14-15H2,(H,28,30). The number of anilines is 1. The smallest absolute Gasteiger partial charge is 0.321 e. The molecule has 5 rings (SSSR count). The number of hydrogen-bond acceptors (Lipinski definition) is 2. The summed E-state index contributed by atoms with van der Waals surface area (Å²) in [7, 11) is 0. The van der Waals surface area contributed by atoms with Gasteiger partial charge in [0.05, 0.1) is 5.52 Å². The summed E-state index contributed by atoms with van der Waals surface area (Å²) in [5, 5.41) is 3.91. The van der Waals surface area contributed by atoms with E-state index in [2.05, 4.69) is 26.2 Å². The molecular formula is C24H23BrFN3O. The number of amides is 2. The molecule has 0 atom stereocenters. The Hall–Kier alpha value is -2.47. The first-order valence-corrected chi connectivity index (χ1v) is 11.2. The molecule has 4 nitrogen and oxygen atoms in total. The summed E-state index contributed by atoms with van der Waals surface area (Å²) in [6, 6.07) is 14.5. The lowest BCUT2D eigenvalue weighted by Gasteiger charge is -2.53. The van der Waals surface area contributed by atoms with E-state index in [0.29, 0.717) is 5.92 Å². The number of aromatic nitrogens is 1. The lowest BCUT2D eigenvalue weighted by Crippen LogP contribution is -2.60. The average molecular weight is 468 g/mol. The molecule has 0 bridgehead atoms. The zero-order valence-electron chi connectivity index (χ0n) is 16.6. The molecule has 2 aliphatic rings. The summed E-state index contributed by atoms with van der Waals surface area (Å²) in [6.07, 6.45) is 6.16. The van der Waals surface area contributed by atoms with E-state index in [1.54, 1.807) is 12.1 Å². The maximum absolute atomic E-state index is 13.8. The molecule has 1 aliphatic heterocycles. The monoisotopic (exact) mass is 467 g/mol. The Morgan fingerprint density at radius 2 is 1.83 bits per heavy atom. The summed E-state index contributed by atoms with van der Waals surface area (Å²) in [5.41, 5.74) is 3.11. The number of pyridine rings is 1. The SMILES string of the molecule is O=C(Nc1ccc(Br)cc1)N1CC2(CCC(c3ccnc4ccc(F)cc34)CC2)C1. The number of halogens is 2. The molecule has 2 fully saturated rings. The summed E-state index contributed by atoms with van der Waals surface area (Å²) in [5.74, 6) is 0.212. The molecule has 30 heavy (non-hydrogen) atoms. The van der Waals surface area contributed by atoms with Gasteiger partial charge in [-0.25, -0.2) is 9.18 Å². The Labute approximate surface area is 183 Å². The van der Waals surface area contributed by atoms with Gasteiger partial charge in [0.2, 0.25) is 0 Å². The molecule has 6 heteroatoms. The van der Waals surface area contributed by atoms with Gasteiger partial charge in [0.15, 0.2) is 0 Å². The van der Waals surface area contributed by atoms with Crippen LogP contribution >= 0.6 is 15.9 Å². The number of nitrogens with zero attached hydrogens (tertiary/aromatic N) is 2. The highest BCUT2D eigenvalue weighted by atomic mass is 79.9. The van der Waals surface area contributed by atoms with Crippen molar-refractivity contribution in [3.8, 4) is 0 Å². The molecule has 2 amide bonds. The summed E-state index contributed by atoms with van der Waals surface area (Å²) in [6.45, 7) is 1.63. The number of carbonyl (C=O) groups is 1. The summed E-state index contributed by atoms with van der Waals surface area (Å²) in [4.78, 5) is 18.8. The van der Waals surface area contributed by atoms with E-state index in [0.717, 1.165) is 59.8 Å². The van der Waals surface area contributed by atoms with Crippen molar-refractivity contribution in [1.82, 2.24) is 9.88 Å². The predicted octanol–water partition coefficient (Wildman–Crippen LogP) is 6.33. The first kappa shape index (κ1) is 19.5. The molecule has 0 unspecified atom stereocenters. The van der Waals surface area contributed by atoms with Crippen molar-refractivity contribution in [3.63, 3.8) is 0 Å². The summed E-state index contributed by atoms with van der Waals surface area (Å²) >= 11 is 3.41. The lowest BCUT2D eigenvalue weighted by atomic mass is 9.64. The Morgan fingerprint density at radius 3 is 2.57 bits per heavy atom. The lowest BCUT2D eigenvalue weighted by molar-refractivity contribution is 0.000763. The van der Waals surface area contributed by atoms with Crippen LogP contribution in [0.25, 0.3) is 10.9 Å². The fourth-order valence-electron chi connectivity index (χ4n) is 5.00. The number of nitrogens with one attached hydrogen (secondary N) is 1. The molecular weight excluding hydrogens is 445 g/mol. The topological polar surface area (TPSA) is 45.2 Å². The first-order valence-electron chi connectivity index (χ1n) is 10.4. The molecule has 2 aromatic carbocycles. The minimum Gasteiger partial charge on any atom is -0.323 e. The molecule has 1 aromatic heterocycles. The van der Waals surface area contributed by atoms with Crippen molar-refractivity contribution < 1.29 is 9.18 Å². The van der Waals surface area contributed by atoms with Crippen LogP contribution in [-0.2, 0) is 0 Å². The highest BCUT2D eigenvalue weighted by Gasteiger charge is 2.47. The van der Waals surface area contributed by atoms with Crippen LogP contribution in [0.15, 0.2) is 59.2 Å². The number of urea groups is 1. The molecule has 1 saturated carbocycles. The van der Waals surface area contributed by atoms with Crippen molar-refractivity contribution in [2.75, 3.05) is 18.4 Å². The third kappa shape index (κ3) is 3.69. The molecule has 3 aromatic rings. The first-order chi connectivity index (χ1) is 14.5. The van der Waals surface area contributed by atoms with E-state index in [9.17, 15) is 9.18 Å². The van der Waals surface area contributed by atoms with Crippen LogP contribution in [0.3, 0.4) is 0 Å². The third-order valence-electron chi connectivity index (χ3n) is 6.66. The number of hydrogen-bond donors (Lipinski definition) is 1. The minimum atomic E-state index is -0.213. The van der Waals surface area contributed by atoms with Crippen LogP contribution in [0.5, 0.6) is 0 Å². The Kier molecular flexibility index (Phi) is 4.97. The van der Waals surface area contributed by atoms with Gasteiger partial charge in [0, 0.05) is 40.2 Å². The predicted molar refractivity (Wildman–Crippen MR) is 120 cm³/mol. The molecule has 2 heterocycles. The van der Waals surface area contributed by atoms with Crippen molar-refractivity contribution in [2.24, 2.45) is 5.41 Å². The summed E-state index contributed by atoms with van der Waals surface area (Å²) < 4.78 is 14.8. The van der Waals surface area contributed by atoms with Gasteiger partial charge in [0.1, 0.15) is 5.82 Å². The van der Waals surface area contributed by atoms with Crippen LogP contribution in [0, 0.1) is 11.2 Å². The Balaban J connectivity index is 1.21. The van der Waals surface area contributed by atoms with E-state index in [1.807, 2.05) is 41.4 Å². The Bertz CT molecular complexity index is 1090. The van der Waals surface area contributed by atoms with Gasteiger partial charge >= 0.3 is 6.03 Å². The average Bonchev–Trinajstić information content (AvgIpc) is 2.73. The Morgan fingerprint density at radius 1 is 1.10 bits per heavy atom. The van der Waals surface area contributed by atoms with Crippen molar-refractivity contribution >= 4 is 38.6 Å². The zero-order chi connectivity index (χ0) is 20.7. The molecule has 1 N–H and O–H groups in total. The zero-order valence-corrected chi connectivity index (χ0v) is 18.2. The molecule has 0 radical (unpaired) electrons. The maximum atomic E-state index is 13.8. The second kappa shape index (κ2) is 7.65. The van der Waals surface area contributed by atoms with E-state index in [4.69, 9.17) is 0 Å². The molecule has 1 saturated heterocycles. The highest BCUT2D eigenvalue weighted by Crippen LogP contribution is 2.49. The van der Waals surface area contributed by atoms with Gasteiger partial charge < -0.3 is 10.2 Å². The van der Waals surface area contributed by atoms with Gasteiger partial charge in [-0.3, -0.25) is 4.98 Å². The number of fused-ring (bicyclic) bond motifs is 1. The van der Waals surface area contributed by atoms with Crippen LogP contribution in [0.1, 0.15) is 37.2 Å². The maximum Gasteiger partial charge on any atom is 0.321 e. The molecule has 1 spiro atoms. The van der Waals surface area contributed by atoms with Crippen molar-refractivity contribution in [2.45, 2.75) is 31.6 Å². The normalized spacial score (nSPS) is 18.4. The van der Waals surface area contributed by atoms with Gasteiger partial charge in [-0.2, -0.15) is 0 Å². The quantitative estimate of drug-likeness (QED) is 0.478. The number of rotatable bonds is 2. The number of benzene rings is 2. The van der Waals surface area contributed by atoms with Crippen LogP contribution in [-0.4, -0.2) is 29.0 Å². The fraction of sp³-hybridized carbons (Fsp3) is 0.333. The van der Waals surface area contributed by atoms with Gasteiger partial charge in [-0.15, -0.1) is 0 Å². The molecule has 154 valence electrons. The van der Waals surface area contributed by atoms with E-state index >= 15 is 0 Å². The van der Waals surface area contributed by atoms with Crippen LogP contribution < -0.4 is 5.32 Å². The van der Waals surface area contributed by atoms with Crippen LogP contribution in [0.2, 0.25) is 0 Å². The largest absolute Gasteiger partial charge is 0.323 e. The van der Waals surface area contributed by atoms with Gasteiger partial charge in [-0.1, -0.05) is 15.9 Å². The van der Waals surface area contributed by atoms with E-state index in [1.165, 1.54) is 11.6 Å². The van der Waals surface area contributed by atoms with Crippen molar-refractivity contribution in [1.29, 1.82) is 0 Å².